The van der Waals surface area contributed by atoms with Gasteiger partial charge in [-0.2, -0.15) is 0 Å². The summed E-state index contributed by atoms with van der Waals surface area (Å²) >= 11 is 0. The van der Waals surface area contributed by atoms with Crippen LogP contribution in [0.2, 0.25) is 0 Å². The van der Waals surface area contributed by atoms with Gasteiger partial charge in [0.25, 0.3) is 5.91 Å². The van der Waals surface area contributed by atoms with Crippen LogP contribution < -0.4 is 5.73 Å². The molecule has 18 heavy (non-hydrogen) atoms. The molecule has 0 saturated carbocycles. The normalized spacial score (nSPS) is 12.1. The molecule has 0 bridgehead atoms. The lowest BCUT2D eigenvalue weighted by molar-refractivity contribution is 0.0994. The summed E-state index contributed by atoms with van der Waals surface area (Å²) in [6, 6.07) is 10.8. The lowest BCUT2D eigenvalue weighted by atomic mass is 10.1. The first-order valence-electron chi connectivity index (χ1n) is 5.15. The highest BCUT2D eigenvalue weighted by molar-refractivity contribution is 7.84. The Morgan fingerprint density at radius 3 is 2.44 bits per heavy atom. The van der Waals surface area contributed by atoms with Crippen LogP contribution >= 0.6 is 0 Å². The Balaban J connectivity index is 2.61. The maximum absolute atomic E-state index is 11.4. The van der Waals surface area contributed by atoms with Crippen molar-refractivity contribution in [3.8, 4) is 11.3 Å². The Morgan fingerprint density at radius 2 is 1.89 bits per heavy atom. The van der Waals surface area contributed by atoms with E-state index in [0.29, 0.717) is 5.69 Å². The number of hydrogen-bond acceptors (Lipinski definition) is 4. The van der Waals surface area contributed by atoms with E-state index >= 15 is 0 Å². The fourth-order valence-corrected chi connectivity index (χ4v) is 1.89. The Hall–Kier alpha value is -2.08. The van der Waals surface area contributed by atoms with Gasteiger partial charge in [0.2, 0.25) is 5.16 Å². The highest BCUT2D eigenvalue weighted by Gasteiger charge is 2.12. The van der Waals surface area contributed by atoms with Crippen LogP contribution in [-0.2, 0) is 10.8 Å². The minimum absolute atomic E-state index is 0.0639. The van der Waals surface area contributed by atoms with Crippen LogP contribution in [-0.4, -0.2) is 26.3 Å². The third-order valence-electron chi connectivity index (χ3n) is 2.28. The standard InChI is InChI=1S/C12H11N3O2S/c1-18(17)12-14-9(7-10(15-12)11(13)16)8-5-3-2-4-6-8/h2-7H,1H3,(H2,13,16). The number of nitrogens with two attached hydrogens (primary N) is 1. The molecule has 0 spiro atoms. The van der Waals surface area contributed by atoms with Gasteiger partial charge in [0.05, 0.1) is 16.5 Å². The highest BCUT2D eigenvalue weighted by atomic mass is 32.2. The topological polar surface area (TPSA) is 85.9 Å². The van der Waals surface area contributed by atoms with E-state index in [-0.39, 0.29) is 10.9 Å². The van der Waals surface area contributed by atoms with Crippen LogP contribution in [0, 0.1) is 0 Å². The van der Waals surface area contributed by atoms with E-state index in [0.717, 1.165) is 5.56 Å². The molecule has 6 heteroatoms. The number of amides is 1. The van der Waals surface area contributed by atoms with Crippen LogP contribution in [0.5, 0.6) is 0 Å². The van der Waals surface area contributed by atoms with Gasteiger partial charge in [-0.05, 0) is 6.07 Å². The van der Waals surface area contributed by atoms with Gasteiger partial charge in [-0.1, -0.05) is 30.3 Å². The largest absolute Gasteiger partial charge is 0.364 e. The molecule has 1 aromatic carbocycles. The van der Waals surface area contributed by atoms with Crippen molar-refractivity contribution in [2.45, 2.75) is 5.16 Å². The second-order valence-corrected chi connectivity index (χ2v) is 4.88. The van der Waals surface area contributed by atoms with E-state index in [4.69, 9.17) is 5.73 Å². The SMILES string of the molecule is CS(=O)c1nc(C(N)=O)cc(-c2ccccc2)n1. The number of benzene rings is 1. The van der Waals surface area contributed by atoms with Crippen LogP contribution in [0.3, 0.4) is 0 Å². The maximum atomic E-state index is 11.4. The number of rotatable bonds is 3. The van der Waals surface area contributed by atoms with Crippen molar-refractivity contribution in [1.82, 2.24) is 9.97 Å². The summed E-state index contributed by atoms with van der Waals surface area (Å²) in [7, 11) is -1.37. The fourth-order valence-electron chi connectivity index (χ4n) is 1.44. The second-order valence-electron chi connectivity index (χ2n) is 3.61. The number of carbonyl (C=O) groups is 1. The predicted octanol–water partition coefficient (Wildman–Crippen LogP) is 0.980. The van der Waals surface area contributed by atoms with E-state index in [9.17, 15) is 9.00 Å². The molecule has 0 fully saturated rings. The molecule has 1 atom stereocenters. The monoisotopic (exact) mass is 261 g/mol. The van der Waals surface area contributed by atoms with E-state index in [2.05, 4.69) is 9.97 Å². The Morgan fingerprint density at radius 1 is 1.22 bits per heavy atom. The molecule has 0 aliphatic heterocycles. The van der Waals surface area contributed by atoms with Crippen molar-refractivity contribution < 1.29 is 9.00 Å². The average molecular weight is 261 g/mol. The summed E-state index contributed by atoms with van der Waals surface area (Å²) in [5.41, 5.74) is 6.61. The van der Waals surface area contributed by atoms with E-state index in [1.165, 1.54) is 12.3 Å². The highest BCUT2D eigenvalue weighted by Crippen LogP contribution is 2.18. The minimum Gasteiger partial charge on any atom is -0.364 e. The Kier molecular flexibility index (Phi) is 3.47. The number of nitrogens with zero attached hydrogens (tertiary/aromatic N) is 2. The van der Waals surface area contributed by atoms with E-state index in [1.807, 2.05) is 30.3 Å². The zero-order chi connectivity index (χ0) is 13.1. The summed E-state index contributed by atoms with van der Waals surface area (Å²) in [4.78, 5) is 19.2. The molecular weight excluding hydrogens is 250 g/mol. The molecule has 5 nitrogen and oxygen atoms in total. The number of hydrogen-bond donors (Lipinski definition) is 1. The smallest absolute Gasteiger partial charge is 0.267 e. The van der Waals surface area contributed by atoms with Gasteiger partial charge in [0, 0.05) is 11.8 Å². The average Bonchev–Trinajstić information content (AvgIpc) is 2.39. The van der Waals surface area contributed by atoms with Gasteiger partial charge in [0.15, 0.2) is 0 Å². The zero-order valence-electron chi connectivity index (χ0n) is 9.66. The van der Waals surface area contributed by atoms with Crippen LogP contribution in [0.4, 0.5) is 0 Å². The Labute approximate surface area is 107 Å². The Bertz CT molecular complexity index is 582. The predicted molar refractivity (Wildman–Crippen MR) is 68.3 cm³/mol. The first-order chi connectivity index (χ1) is 8.58. The number of carbonyl (C=O) groups excluding carboxylic acids is 1. The molecule has 0 aliphatic carbocycles. The van der Waals surface area contributed by atoms with Gasteiger partial charge in [-0.3, -0.25) is 9.00 Å². The molecule has 0 radical (unpaired) electrons. The summed E-state index contributed by atoms with van der Waals surface area (Å²) in [6.45, 7) is 0. The molecule has 92 valence electrons. The first kappa shape index (κ1) is 12.4. The molecule has 2 N–H and O–H groups in total. The third kappa shape index (κ3) is 2.60. The van der Waals surface area contributed by atoms with E-state index < -0.39 is 16.7 Å². The number of primary amides is 1. The summed E-state index contributed by atoms with van der Waals surface area (Å²) in [6.07, 6.45) is 1.45. The molecule has 2 rings (SSSR count). The van der Waals surface area contributed by atoms with Crippen molar-refractivity contribution in [3.05, 3.63) is 42.1 Å². The van der Waals surface area contributed by atoms with Gasteiger partial charge in [0.1, 0.15) is 5.69 Å². The summed E-state index contributed by atoms with van der Waals surface area (Å²) in [5, 5.41) is 0.102. The fraction of sp³-hybridized carbons (Fsp3) is 0.0833. The molecule has 0 saturated heterocycles. The van der Waals surface area contributed by atoms with Crippen molar-refractivity contribution in [2.75, 3.05) is 6.26 Å². The minimum atomic E-state index is -1.37. The van der Waals surface area contributed by atoms with Gasteiger partial charge in [-0.25, -0.2) is 9.97 Å². The second kappa shape index (κ2) is 5.05. The quantitative estimate of drug-likeness (QED) is 0.834. The summed E-state index contributed by atoms with van der Waals surface area (Å²) < 4.78 is 11.4. The maximum Gasteiger partial charge on any atom is 0.267 e. The van der Waals surface area contributed by atoms with Crippen molar-refractivity contribution in [2.24, 2.45) is 5.73 Å². The summed E-state index contributed by atoms with van der Waals surface area (Å²) in [5.74, 6) is -0.665. The van der Waals surface area contributed by atoms with Crippen LogP contribution in [0.1, 0.15) is 10.5 Å². The molecule has 0 aliphatic rings. The molecule has 1 unspecified atom stereocenters. The lowest BCUT2D eigenvalue weighted by Crippen LogP contribution is -2.15. The van der Waals surface area contributed by atoms with Crippen molar-refractivity contribution in [3.63, 3.8) is 0 Å². The van der Waals surface area contributed by atoms with E-state index in [1.54, 1.807) is 0 Å². The lowest BCUT2D eigenvalue weighted by Gasteiger charge is -2.04. The molecule has 2 aromatic rings. The van der Waals surface area contributed by atoms with Crippen LogP contribution in [0.25, 0.3) is 11.3 Å². The number of aromatic nitrogens is 2. The molecule has 1 amide bonds. The van der Waals surface area contributed by atoms with Crippen molar-refractivity contribution >= 4 is 16.7 Å². The molecule has 1 aromatic heterocycles. The molecule has 1 heterocycles. The van der Waals surface area contributed by atoms with Gasteiger partial charge < -0.3 is 5.73 Å². The first-order valence-corrected chi connectivity index (χ1v) is 6.71. The third-order valence-corrected chi connectivity index (χ3v) is 2.98. The molecular formula is C12H11N3O2S. The van der Waals surface area contributed by atoms with Gasteiger partial charge >= 0.3 is 0 Å². The van der Waals surface area contributed by atoms with Gasteiger partial charge in [-0.15, -0.1) is 0 Å². The van der Waals surface area contributed by atoms with Crippen LogP contribution in [0.15, 0.2) is 41.6 Å². The zero-order valence-corrected chi connectivity index (χ0v) is 10.5. The van der Waals surface area contributed by atoms with Crippen molar-refractivity contribution in [1.29, 1.82) is 0 Å².